The fraction of sp³-hybridized carbons (Fsp3) is 0.0175. The Bertz CT molecular complexity index is 3310. The fourth-order valence-electron chi connectivity index (χ4n) is 10.3. The van der Waals surface area contributed by atoms with Gasteiger partial charge in [-0.1, -0.05) is 140 Å². The topological polar surface area (TPSA) is 6.48 Å². The first-order chi connectivity index (χ1) is 30.1. The Labute approximate surface area is 352 Å². The van der Waals surface area contributed by atoms with Crippen molar-refractivity contribution in [2.24, 2.45) is 0 Å². The van der Waals surface area contributed by atoms with Crippen LogP contribution in [0.25, 0.3) is 43.8 Å². The average molecular weight is 787 g/mol. The van der Waals surface area contributed by atoms with Gasteiger partial charge in [0.05, 0.1) is 22.5 Å². The van der Waals surface area contributed by atoms with Crippen LogP contribution in [0.15, 0.2) is 218 Å². The number of fused-ring (bicyclic) bond motifs is 13. The molecule has 0 aliphatic heterocycles. The summed E-state index contributed by atoms with van der Waals surface area (Å²) in [5.41, 5.74) is 13.2. The van der Waals surface area contributed by atoms with Crippen LogP contribution in [0.3, 0.4) is 0 Å². The smallest absolute Gasteiger partial charge is 0.147 e. The van der Waals surface area contributed by atoms with Crippen molar-refractivity contribution in [3.63, 3.8) is 0 Å². The van der Waals surface area contributed by atoms with Gasteiger partial charge < -0.3 is 9.80 Å². The Balaban J connectivity index is 1.19. The zero-order valence-electron chi connectivity index (χ0n) is 32.9. The molecule has 0 saturated carbocycles. The Kier molecular flexibility index (Phi) is 7.85. The molecule has 0 atom stereocenters. The molecule has 4 heteroatoms. The third-order valence-corrected chi connectivity index (χ3v) is 12.7. The number of halogens is 2. The SMILES string of the molecule is Fc1ccccc1N(c1ccccc1)c1ccc2cc3c(cc2c1)C1(c2ccccc2-c2ccccc21)c1cc(N(c2ccccc2)c2ccccc2F)c2ccccc2c1-3. The van der Waals surface area contributed by atoms with Crippen LogP contribution in [-0.2, 0) is 5.41 Å². The number of nitrogens with zero attached hydrogens (tertiary/aromatic N) is 2. The van der Waals surface area contributed by atoms with Crippen molar-refractivity contribution >= 4 is 55.7 Å². The molecule has 0 radical (unpaired) electrons. The number of hydrogen-bond acceptors (Lipinski definition) is 2. The minimum absolute atomic E-state index is 0.295. The fourth-order valence-corrected chi connectivity index (χ4v) is 10.3. The monoisotopic (exact) mass is 786 g/mol. The lowest BCUT2D eigenvalue weighted by molar-refractivity contribution is 0.628. The molecular formula is C57H36F2N2. The van der Waals surface area contributed by atoms with E-state index in [-0.39, 0.29) is 11.6 Å². The molecule has 0 amide bonds. The van der Waals surface area contributed by atoms with Crippen molar-refractivity contribution in [3.8, 4) is 22.3 Å². The van der Waals surface area contributed by atoms with Crippen LogP contribution in [0, 0.1) is 11.6 Å². The van der Waals surface area contributed by atoms with Crippen LogP contribution in [0.1, 0.15) is 22.3 Å². The largest absolute Gasteiger partial charge is 0.308 e. The number of hydrogen-bond donors (Lipinski definition) is 0. The molecule has 0 aromatic heterocycles. The highest BCUT2D eigenvalue weighted by atomic mass is 19.1. The molecule has 2 nitrogen and oxygen atoms in total. The summed E-state index contributed by atoms with van der Waals surface area (Å²) in [5.74, 6) is -0.593. The molecule has 1 spiro atoms. The quantitative estimate of drug-likeness (QED) is 0.166. The Hall–Kier alpha value is -7.82. The van der Waals surface area contributed by atoms with Crippen molar-refractivity contribution in [3.05, 3.63) is 252 Å². The van der Waals surface area contributed by atoms with Gasteiger partial charge in [-0.3, -0.25) is 0 Å². The molecule has 61 heavy (non-hydrogen) atoms. The van der Waals surface area contributed by atoms with E-state index < -0.39 is 5.41 Å². The first-order valence-corrected chi connectivity index (χ1v) is 20.6. The minimum Gasteiger partial charge on any atom is -0.308 e. The van der Waals surface area contributed by atoms with Crippen LogP contribution < -0.4 is 9.80 Å². The first kappa shape index (κ1) is 35.2. The molecule has 0 unspecified atom stereocenters. The summed E-state index contributed by atoms with van der Waals surface area (Å²) < 4.78 is 31.9. The lowest BCUT2D eigenvalue weighted by Gasteiger charge is -2.33. The van der Waals surface area contributed by atoms with Gasteiger partial charge in [0.25, 0.3) is 0 Å². The third kappa shape index (κ3) is 5.12. The molecule has 288 valence electrons. The summed E-state index contributed by atoms with van der Waals surface area (Å²) in [6.07, 6.45) is 0. The minimum atomic E-state index is -0.705. The molecule has 10 aromatic rings. The van der Waals surface area contributed by atoms with E-state index in [0.717, 1.165) is 55.4 Å². The predicted octanol–water partition coefficient (Wildman–Crippen LogP) is 15.6. The molecular weight excluding hydrogens is 751 g/mol. The summed E-state index contributed by atoms with van der Waals surface area (Å²) in [4.78, 5) is 4.07. The molecule has 0 fully saturated rings. The molecule has 2 aliphatic carbocycles. The van der Waals surface area contributed by atoms with Gasteiger partial charge in [-0.25, -0.2) is 8.78 Å². The third-order valence-electron chi connectivity index (χ3n) is 12.7. The maximum Gasteiger partial charge on any atom is 0.147 e. The standard InChI is InChI=1S/C57H36F2N2/c58-51-27-13-15-29-53(51)60(39-17-3-1-4-18-39)41-32-31-37-34-46-49(35-38(37)33-41)57(47-25-11-9-21-42(47)43-22-10-12-26-48(43)57)50-36-55(44-23-7-8-24-45(44)56(46)50)61(40-19-5-2-6-20-40)54-30-16-14-28-52(54)59/h1-36H. The highest BCUT2D eigenvalue weighted by Crippen LogP contribution is 2.65. The first-order valence-electron chi connectivity index (χ1n) is 20.6. The number of para-hydroxylation sites is 4. The number of anilines is 6. The van der Waals surface area contributed by atoms with Crippen LogP contribution in [-0.4, -0.2) is 0 Å². The van der Waals surface area contributed by atoms with Crippen molar-refractivity contribution in [1.29, 1.82) is 0 Å². The van der Waals surface area contributed by atoms with Gasteiger partial charge in [-0.05, 0) is 140 Å². The zero-order valence-corrected chi connectivity index (χ0v) is 32.9. The van der Waals surface area contributed by atoms with Crippen LogP contribution in [0.4, 0.5) is 42.9 Å². The van der Waals surface area contributed by atoms with Crippen LogP contribution >= 0.6 is 0 Å². The Morgan fingerprint density at radius 2 is 0.836 bits per heavy atom. The molecule has 12 rings (SSSR count). The second kappa shape index (κ2) is 13.6. The summed E-state index contributed by atoms with van der Waals surface area (Å²) in [7, 11) is 0. The van der Waals surface area contributed by atoms with Gasteiger partial charge in [0.1, 0.15) is 11.6 Å². The van der Waals surface area contributed by atoms with E-state index >= 15 is 8.78 Å². The molecule has 0 heterocycles. The lowest BCUT2D eigenvalue weighted by Crippen LogP contribution is -2.26. The van der Waals surface area contributed by atoms with Gasteiger partial charge in [0.2, 0.25) is 0 Å². The van der Waals surface area contributed by atoms with E-state index in [0.29, 0.717) is 11.4 Å². The van der Waals surface area contributed by atoms with E-state index in [1.807, 2.05) is 89.8 Å². The van der Waals surface area contributed by atoms with Gasteiger partial charge in [0.15, 0.2) is 0 Å². The summed E-state index contributed by atoms with van der Waals surface area (Å²) in [5, 5.41) is 4.24. The zero-order chi connectivity index (χ0) is 40.7. The van der Waals surface area contributed by atoms with Crippen molar-refractivity contribution in [2.45, 2.75) is 5.41 Å². The van der Waals surface area contributed by atoms with Crippen LogP contribution in [0.5, 0.6) is 0 Å². The molecule has 0 bridgehead atoms. The highest BCUT2D eigenvalue weighted by molar-refractivity contribution is 6.13. The Morgan fingerprint density at radius 3 is 1.48 bits per heavy atom. The maximum absolute atomic E-state index is 16.2. The van der Waals surface area contributed by atoms with Gasteiger partial charge >= 0.3 is 0 Å². The van der Waals surface area contributed by atoms with Crippen molar-refractivity contribution in [2.75, 3.05) is 9.80 Å². The molecule has 0 N–H and O–H groups in total. The number of benzene rings is 10. The van der Waals surface area contributed by atoms with Crippen molar-refractivity contribution in [1.82, 2.24) is 0 Å². The summed E-state index contributed by atoms with van der Waals surface area (Å²) in [6.45, 7) is 0. The number of rotatable bonds is 6. The molecule has 10 aromatic carbocycles. The Morgan fingerprint density at radius 1 is 0.311 bits per heavy atom. The van der Waals surface area contributed by atoms with E-state index in [2.05, 4.69) is 114 Å². The highest BCUT2D eigenvalue weighted by Gasteiger charge is 2.52. The van der Waals surface area contributed by atoms with Crippen LogP contribution in [0.2, 0.25) is 0 Å². The van der Waals surface area contributed by atoms with Crippen molar-refractivity contribution < 1.29 is 8.78 Å². The molecule has 0 saturated heterocycles. The van der Waals surface area contributed by atoms with Gasteiger partial charge in [-0.15, -0.1) is 0 Å². The summed E-state index contributed by atoms with van der Waals surface area (Å²) in [6, 6.07) is 73.7. The van der Waals surface area contributed by atoms with E-state index in [4.69, 9.17) is 0 Å². The lowest BCUT2D eigenvalue weighted by atomic mass is 9.70. The second-order valence-corrected chi connectivity index (χ2v) is 15.9. The van der Waals surface area contributed by atoms with E-state index in [9.17, 15) is 0 Å². The van der Waals surface area contributed by atoms with E-state index in [1.165, 1.54) is 45.5 Å². The maximum atomic E-state index is 16.2. The van der Waals surface area contributed by atoms with Gasteiger partial charge in [0, 0.05) is 22.4 Å². The van der Waals surface area contributed by atoms with E-state index in [1.54, 1.807) is 12.1 Å². The summed E-state index contributed by atoms with van der Waals surface area (Å²) >= 11 is 0. The van der Waals surface area contributed by atoms with Gasteiger partial charge in [-0.2, -0.15) is 0 Å². The average Bonchev–Trinajstić information content (AvgIpc) is 3.77. The normalized spacial score (nSPS) is 12.9. The molecule has 2 aliphatic rings. The predicted molar refractivity (Wildman–Crippen MR) is 247 cm³/mol. The second-order valence-electron chi connectivity index (χ2n) is 15.9.